The minimum atomic E-state index is -0.207. The van der Waals surface area contributed by atoms with E-state index in [1.165, 1.54) is 54.4 Å². The molecule has 0 radical (unpaired) electrons. The van der Waals surface area contributed by atoms with Gasteiger partial charge >= 0.3 is 0 Å². The third-order valence-electron chi connectivity index (χ3n) is 7.60. The van der Waals surface area contributed by atoms with Gasteiger partial charge in [0.1, 0.15) is 17.3 Å². The molecule has 1 aliphatic carbocycles. The molecular weight excluding hydrogens is 440 g/mol. The van der Waals surface area contributed by atoms with Gasteiger partial charge in [-0.3, -0.25) is 10.3 Å². The van der Waals surface area contributed by atoms with E-state index in [2.05, 4.69) is 89.8 Å². The maximum atomic E-state index is 6.11. The van der Waals surface area contributed by atoms with Gasteiger partial charge in [-0.2, -0.15) is 0 Å². The van der Waals surface area contributed by atoms with Crippen molar-refractivity contribution in [2.75, 3.05) is 0 Å². The minimum absolute atomic E-state index is 0.207. The fraction of sp³-hybridized carbons (Fsp3) is 0.242. The molecule has 5 aromatic rings. The summed E-state index contributed by atoms with van der Waals surface area (Å²) in [7, 11) is 0. The number of fused-ring (bicyclic) bond motifs is 3. The molecule has 1 fully saturated rings. The van der Waals surface area contributed by atoms with Gasteiger partial charge in [-0.1, -0.05) is 92.1 Å². The first-order valence-electron chi connectivity index (χ1n) is 13.1. The van der Waals surface area contributed by atoms with Crippen molar-refractivity contribution in [3.05, 3.63) is 108 Å². The first kappa shape index (κ1) is 22.8. The van der Waals surface area contributed by atoms with Crippen LogP contribution in [0.4, 0.5) is 0 Å². The van der Waals surface area contributed by atoms with Crippen molar-refractivity contribution < 1.29 is 4.42 Å². The largest absolute Gasteiger partial charge is 0.456 e. The highest BCUT2D eigenvalue weighted by molar-refractivity contribution is 6.04. The molecule has 3 nitrogen and oxygen atoms in total. The summed E-state index contributed by atoms with van der Waals surface area (Å²) in [6.07, 6.45) is 6.41. The summed E-state index contributed by atoms with van der Waals surface area (Å²) in [6, 6.07) is 32.4. The Morgan fingerprint density at radius 2 is 1.56 bits per heavy atom. The zero-order valence-corrected chi connectivity index (χ0v) is 20.6. The van der Waals surface area contributed by atoms with E-state index in [0.717, 1.165) is 34.0 Å². The number of nitrogens with zero attached hydrogens (tertiary/aromatic N) is 1. The second-order valence-electron chi connectivity index (χ2n) is 9.98. The molecule has 6 rings (SSSR count). The lowest BCUT2D eigenvalue weighted by Gasteiger charge is -2.24. The highest BCUT2D eigenvalue weighted by atomic mass is 16.3. The summed E-state index contributed by atoms with van der Waals surface area (Å²) in [5.74, 6) is 0.657. The van der Waals surface area contributed by atoms with Crippen molar-refractivity contribution in [2.24, 2.45) is 4.99 Å². The first-order chi connectivity index (χ1) is 17.8. The maximum Gasteiger partial charge on any atom is 0.135 e. The first-order valence-corrected chi connectivity index (χ1v) is 13.1. The standard InChI is InChI=1S/C33H32N2O/c1-34-33(26-16-17-30-29-14-8-9-15-31(29)36-32(30)21-26)35-22-23-18-27(24-10-4-2-5-11-24)20-28(19-23)25-12-6-3-7-13-25/h2,4-5,8-11,14-21,25,33,35H,1,3,6-7,12-13,22H2. The molecule has 180 valence electrons. The Morgan fingerprint density at radius 3 is 2.39 bits per heavy atom. The zero-order chi connectivity index (χ0) is 24.3. The minimum Gasteiger partial charge on any atom is -0.456 e. The Bertz CT molecular complexity index is 1490. The molecule has 3 heteroatoms. The molecule has 4 aromatic carbocycles. The number of hydrogen-bond acceptors (Lipinski definition) is 3. The fourth-order valence-electron chi connectivity index (χ4n) is 5.70. The molecular formula is C33H32N2O. The van der Waals surface area contributed by atoms with Gasteiger partial charge < -0.3 is 4.42 Å². The van der Waals surface area contributed by atoms with Crippen LogP contribution < -0.4 is 5.32 Å². The third kappa shape index (κ3) is 4.59. The molecule has 1 atom stereocenters. The van der Waals surface area contributed by atoms with Crippen LogP contribution in [0.2, 0.25) is 0 Å². The van der Waals surface area contributed by atoms with Crippen LogP contribution in [0, 0.1) is 0 Å². The van der Waals surface area contributed by atoms with Gasteiger partial charge in [0.2, 0.25) is 0 Å². The molecule has 0 saturated heterocycles. The van der Waals surface area contributed by atoms with Crippen LogP contribution in [0.3, 0.4) is 0 Å². The number of hydrogen-bond donors (Lipinski definition) is 1. The van der Waals surface area contributed by atoms with Gasteiger partial charge in [-0.25, -0.2) is 0 Å². The highest BCUT2D eigenvalue weighted by Gasteiger charge is 2.18. The zero-order valence-electron chi connectivity index (χ0n) is 20.6. The Kier molecular flexibility index (Phi) is 6.40. The lowest BCUT2D eigenvalue weighted by Crippen LogP contribution is -2.19. The summed E-state index contributed by atoms with van der Waals surface area (Å²) in [6.45, 7) is 4.61. The number of para-hydroxylation sites is 1. The lowest BCUT2D eigenvalue weighted by molar-refractivity contribution is 0.443. The average Bonchev–Trinajstić information content (AvgIpc) is 3.32. The number of aliphatic imine (C=N–C) groups is 1. The van der Waals surface area contributed by atoms with Gasteiger partial charge in [0.25, 0.3) is 0 Å². The second-order valence-corrected chi connectivity index (χ2v) is 9.98. The summed E-state index contributed by atoms with van der Waals surface area (Å²) < 4.78 is 6.11. The normalized spacial score (nSPS) is 15.3. The number of furan rings is 1. The van der Waals surface area contributed by atoms with Crippen LogP contribution >= 0.6 is 0 Å². The van der Waals surface area contributed by atoms with E-state index >= 15 is 0 Å². The number of benzene rings is 4. The molecule has 1 unspecified atom stereocenters. The molecule has 36 heavy (non-hydrogen) atoms. The fourth-order valence-corrected chi connectivity index (χ4v) is 5.70. The highest BCUT2D eigenvalue weighted by Crippen LogP contribution is 2.36. The molecule has 0 amide bonds. The molecule has 0 spiro atoms. The molecule has 1 heterocycles. The Labute approximate surface area is 212 Å². The van der Waals surface area contributed by atoms with E-state index in [0.29, 0.717) is 5.92 Å². The van der Waals surface area contributed by atoms with Crippen LogP contribution in [0.5, 0.6) is 0 Å². The van der Waals surface area contributed by atoms with Crippen molar-refractivity contribution in [3.8, 4) is 11.1 Å². The van der Waals surface area contributed by atoms with Gasteiger partial charge in [0, 0.05) is 17.3 Å². The van der Waals surface area contributed by atoms with Crippen molar-refractivity contribution in [1.82, 2.24) is 5.32 Å². The van der Waals surface area contributed by atoms with Crippen molar-refractivity contribution in [1.29, 1.82) is 0 Å². The van der Waals surface area contributed by atoms with Gasteiger partial charge in [-0.05, 0) is 71.5 Å². The maximum absolute atomic E-state index is 6.11. The van der Waals surface area contributed by atoms with E-state index < -0.39 is 0 Å². The lowest BCUT2D eigenvalue weighted by atomic mass is 9.82. The Balaban J connectivity index is 1.28. The second kappa shape index (κ2) is 10.1. The average molecular weight is 473 g/mol. The van der Waals surface area contributed by atoms with E-state index in [9.17, 15) is 0 Å². The van der Waals surface area contributed by atoms with Gasteiger partial charge in [0.15, 0.2) is 0 Å². The number of nitrogens with one attached hydrogen (secondary N) is 1. The molecule has 1 aliphatic rings. The van der Waals surface area contributed by atoms with Crippen LogP contribution in [-0.4, -0.2) is 6.72 Å². The Hall–Kier alpha value is -3.69. The van der Waals surface area contributed by atoms with Crippen LogP contribution in [0.15, 0.2) is 100 Å². The molecule has 1 N–H and O–H groups in total. The monoisotopic (exact) mass is 472 g/mol. The number of rotatable bonds is 7. The topological polar surface area (TPSA) is 37.5 Å². The Morgan fingerprint density at radius 1 is 0.778 bits per heavy atom. The van der Waals surface area contributed by atoms with E-state index in [1.807, 2.05) is 18.2 Å². The van der Waals surface area contributed by atoms with E-state index in [4.69, 9.17) is 4.42 Å². The van der Waals surface area contributed by atoms with Crippen LogP contribution in [0.1, 0.15) is 60.9 Å². The van der Waals surface area contributed by atoms with Crippen molar-refractivity contribution in [3.63, 3.8) is 0 Å². The van der Waals surface area contributed by atoms with E-state index in [-0.39, 0.29) is 6.17 Å². The van der Waals surface area contributed by atoms with Crippen LogP contribution in [0.25, 0.3) is 33.1 Å². The quantitative estimate of drug-likeness (QED) is 0.240. The van der Waals surface area contributed by atoms with Gasteiger partial charge in [-0.15, -0.1) is 0 Å². The molecule has 0 aliphatic heterocycles. The predicted octanol–water partition coefficient (Wildman–Crippen LogP) is 8.79. The third-order valence-corrected chi connectivity index (χ3v) is 7.60. The summed E-state index contributed by atoms with van der Waals surface area (Å²) in [5, 5.41) is 5.91. The molecule has 0 bridgehead atoms. The summed E-state index contributed by atoms with van der Waals surface area (Å²) >= 11 is 0. The SMILES string of the molecule is C=NC(NCc1cc(-c2ccccc2)cc(C2CCCCC2)c1)c1ccc2c(c1)oc1ccccc12. The van der Waals surface area contributed by atoms with Crippen molar-refractivity contribution in [2.45, 2.75) is 50.7 Å². The van der Waals surface area contributed by atoms with E-state index in [1.54, 1.807) is 0 Å². The smallest absolute Gasteiger partial charge is 0.135 e. The van der Waals surface area contributed by atoms with Crippen molar-refractivity contribution >= 4 is 28.7 Å². The molecule has 1 aromatic heterocycles. The van der Waals surface area contributed by atoms with Crippen LogP contribution in [-0.2, 0) is 6.54 Å². The summed E-state index contributed by atoms with van der Waals surface area (Å²) in [4.78, 5) is 4.42. The summed E-state index contributed by atoms with van der Waals surface area (Å²) in [5.41, 5.74) is 8.18. The van der Waals surface area contributed by atoms with Gasteiger partial charge in [0.05, 0.1) is 0 Å². The predicted molar refractivity (Wildman–Crippen MR) is 151 cm³/mol. The molecule has 1 saturated carbocycles.